The topological polar surface area (TPSA) is 168 Å². The van der Waals surface area contributed by atoms with Crippen molar-refractivity contribution >= 4 is 52.7 Å². The number of nitro benzene ring substituents is 1. The molecule has 1 aromatic heterocycles. The van der Waals surface area contributed by atoms with Crippen molar-refractivity contribution in [3.8, 4) is 11.5 Å². The summed E-state index contributed by atoms with van der Waals surface area (Å²) in [5.74, 6) is -1.36. The van der Waals surface area contributed by atoms with Gasteiger partial charge in [0.15, 0.2) is 6.61 Å². The van der Waals surface area contributed by atoms with Gasteiger partial charge in [-0.2, -0.15) is 28.1 Å². The number of carbonyl (C=O) groups excluding carboxylic acids is 2. The van der Waals surface area contributed by atoms with Gasteiger partial charge in [0.25, 0.3) is 5.69 Å². The SMILES string of the molecule is CCNc1nc(Cl)nc(NCC)n1.CCOC(=O)COC(=O)c1cc(Oc2ccc(C(F)(F)F)cc2Cl)ccc1[N+](=O)[O-]. The number of halogens is 5. The summed E-state index contributed by atoms with van der Waals surface area (Å²) >= 11 is 11.5. The summed E-state index contributed by atoms with van der Waals surface area (Å²) in [7, 11) is 0. The summed E-state index contributed by atoms with van der Waals surface area (Å²) in [5, 5.41) is 16.9. The average molecular weight is 649 g/mol. The number of alkyl halides is 3. The van der Waals surface area contributed by atoms with Crippen molar-refractivity contribution in [2.24, 2.45) is 0 Å². The maximum Gasteiger partial charge on any atom is 0.416 e. The van der Waals surface area contributed by atoms with Crippen LogP contribution in [0.4, 0.5) is 30.8 Å². The van der Waals surface area contributed by atoms with Crippen molar-refractivity contribution < 1.29 is 41.9 Å². The van der Waals surface area contributed by atoms with Gasteiger partial charge in [-0.1, -0.05) is 11.6 Å². The summed E-state index contributed by atoms with van der Waals surface area (Å²) < 4.78 is 52.8. The number of anilines is 2. The highest BCUT2D eigenvalue weighted by atomic mass is 35.5. The lowest BCUT2D eigenvalue weighted by Crippen LogP contribution is -2.17. The van der Waals surface area contributed by atoms with E-state index in [4.69, 9.17) is 32.7 Å². The minimum Gasteiger partial charge on any atom is -0.463 e. The first-order chi connectivity index (χ1) is 20.3. The van der Waals surface area contributed by atoms with E-state index in [1.165, 1.54) is 6.92 Å². The molecule has 1 heterocycles. The Balaban J connectivity index is 0.000000413. The number of nitrogens with zero attached hydrogens (tertiary/aromatic N) is 4. The fraction of sp³-hybridized carbons (Fsp3) is 0.320. The largest absolute Gasteiger partial charge is 0.463 e. The molecule has 43 heavy (non-hydrogen) atoms. The third-order valence-corrected chi connectivity index (χ3v) is 5.24. The molecule has 3 aromatic rings. The summed E-state index contributed by atoms with van der Waals surface area (Å²) in [4.78, 5) is 45.6. The molecule has 0 aliphatic heterocycles. The number of esters is 2. The van der Waals surface area contributed by atoms with Crippen LogP contribution in [0, 0.1) is 10.1 Å². The van der Waals surface area contributed by atoms with E-state index < -0.39 is 46.5 Å². The minimum absolute atomic E-state index is 0.0493. The molecule has 13 nitrogen and oxygen atoms in total. The quantitative estimate of drug-likeness (QED) is 0.138. The highest BCUT2D eigenvalue weighted by molar-refractivity contribution is 6.32. The van der Waals surface area contributed by atoms with Gasteiger partial charge in [-0.3, -0.25) is 10.1 Å². The van der Waals surface area contributed by atoms with Crippen molar-refractivity contribution in [2.45, 2.75) is 26.9 Å². The fourth-order valence-corrected chi connectivity index (χ4v) is 3.40. The highest BCUT2D eigenvalue weighted by Gasteiger charge is 2.31. The standard InChI is InChI=1S/C18H13ClF3NO7.C7H12ClN5/c1-2-28-16(24)9-29-17(25)12-8-11(4-5-14(12)23(26)27)30-15-6-3-10(7-13(15)19)18(20,21)22;1-3-9-6-11-5(8)12-7(13-6)10-4-2/h3-8H,2,9H2,1H3;3-4H2,1-2H3,(H2,9,10,11,12,13). The Kier molecular flexibility index (Phi) is 13.1. The van der Waals surface area contributed by atoms with E-state index in [2.05, 4.69) is 30.3 Å². The first kappa shape index (κ1) is 34.8. The molecule has 3 rings (SSSR count). The van der Waals surface area contributed by atoms with Crippen LogP contribution in [0.1, 0.15) is 36.7 Å². The second-order valence-electron chi connectivity index (χ2n) is 7.87. The Morgan fingerprint density at radius 2 is 1.58 bits per heavy atom. The maximum atomic E-state index is 12.7. The second kappa shape index (κ2) is 16.3. The molecule has 18 heteroatoms. The molecule has 0 aliphatic carbocycles. The van der Waals surface area contributed by atoms with E-state index in [0.717, 1.165) is 43.4 Å². The molecule has 0 bridgehead atoms. The number of nitrogens with one attached hydrogen (secondary N) is 2. The number of benzene rings is 2. The zero-order valence-electron chi connectivity index (χ0n) is 22.8. The van der Waals surface area contributed by atoms with Crippen molar-refractivity contribution in [1.29, 1.82) is 0 Å². The molecule has 0 radical (unpaired) electrons. The van der Waals surface area contributed by atoms with Gasteiger partial charge in [0.05, 0.1) is 22.1 Å². The van der Waals surface area contributed by atoms with Crippen LogP contribution in [-0.2, 0) is 20.4 Å². The molecule has 2 N–H and O–H groups in total. The Morgan fingerprint density at radius 1 is 0.953 bits per heavy atom. The summed E-state index contributed by atoms with van der Waals surface area (Å²) in [6.45, 7) is 6.26. The smallest absolute Gasteiger partial charge is 0.416 e. The number of carbonyl (C=O) groups is 2. The number of hydrogen-bond donors (Lipinski definition) is 2. The molecule has 0 saturated carbocycles. The van der Waals surface area contributed by atoms with Crippen LogP contribution in [0.5, 0.6) is 11.5 Å². The second-order valence-corrected chi connectivity index (χ2v) is 8.62. The van der Waals surface area contributed by atoms with Crippen molar-refractivity contribution in [3.63, 3.8) is 0 Å². The van der Waals surface area contributed by atoms with E-state index in [1.807, 2.05) is 13.8 Å². The van der Waals surface area contributed by atoms with Gasteiger partial charge in [-0.05, 0) is 56.6 Å². The first-order valence-electron chi connectivity index (χ1n) is 12.3. The van der Waals surface area contributed by atoms with Gasteiger partial charge >= 0.3 is 18.1 Å². The van der Waals surface area contributed by atoms with Crippen LogP contribution in [0.2, 0.25) is 10.3 Å². The van der Waals surface area contributed by atoms with E-state index in [1.54, 1.807) is 0 Å². The van der Waals surface area contributed by atoms with Crippen LogP contribution in [0.15, 0.2) is 36.4 Å². The lowest BCUT2D eigenvalue weighted by molar-refractivity contribution is -0.385. The number of rotatable bonds is 11. The van der Waals surface area contributed by atoms with Gasteiger partial charge in [0.2, 0.25) is 17.2 Å². The first-order valence-corrected chi connectivity index (χ1v) is 13.1. The molecule has 0 amide bonds. The molecule has 0 saturated heterocycles. The molecule has 232 valence electrons. The average Bonchev–Trinajstić information content (AvgIpc) is 2.92. The van der Waals surface area contributed by atoms with E-state index in [-0.39, 0.29) is 28.4 Å². The maximum absolute atomic E-state index is 12.7. The lowest BCUT2D eigenvalue weighted by Gasteiger charge is -2.12. The van der Waals surface area contributed by atoms with Crippen LogP contribution in [-0.4, -0.2) is 58.1 Å². The zero-order chi connectivity index (χ0) is 32.2. The monoisotopic (exact) mass is 648 g/mol. The predicted octanol–water partition coefficient (Wildman–Crippen LogP) is 6.17. The molecule has 2 aromatic carbocycles. The van der Waals surface area contributed by atoms with Crippen LogP contribution in [0.3, 0.4) is 0 Å². The zero-order valence-corrected chi connectivity index (χ0v) is 24.3. The van der Waals surface area contributed by atoms with Crippen LogP contribution >= 0.6 is 23.2 Å². The summed E-state index contributed by atoms with van der Waals surface area (Å²) in [6, 6.07) is 5.35. The highest BCUT2D eigenvalue weighted by Crippen LogP contribution is 2.37. The van der Waals surface area contributed by atoms with Crippen molar-refractivity contribution in [1.82, 2.24) is 15.0 Å². The third kappa shape index (κ3) is 11.1. The number of nitro groups is 1. The Hall–Kier alpha value is -4.44. The Labute approximate surface area is 252 Å². The number of aromatic nitrogens is 3. The van der Waals surface area contributed by atoms with Crippen LogP contribution < -0.4 is 15.4 Å². The van der Waals surface area contributed by atoms with Gasteiger partial charge in [0.1, 0.15) is 17.1 Å². The van der Waals surface area contributed by atoms with E-state index in [9.17, 15) is 32.9 Å². The lowest BCUT2D eigenvalue weighted by atomic mass is 10.1. The normalized spacial score (nSPS) is 10.6. The molecular weight excluding hydrogens is 624 g/mol. The number of hydrogen-bond acceptors (Lipinski definition) is 12. The fourth-order valence-electron chi connectivity index (χ4n) is 3.02. The summed E-state index contributed by atoms with van der Waals surface area (Å²) in [6.07, 6.45) is -4.61. The van der Waals surface area contributed by atoms with Gasteiger partial charge in [0, 0.05) is 25.2 Å². The number of ether oxygens (including phenoxy) is 3. The molecule has 0 fully saturated rings. The van der Waals surface area contributed by atoms with E-state index >= 15 is 0 Å². The molecule has 0 atom stereocenters. The van der Waals surface area contributed by atoms with Gasteiger partial charge in [-0.25, -0.2) is 9.59 Å². The van der Waals surface area contributed by atoms with Crippen molar-refractivity contribution in [3.05, 3.63) is 67.9 Å². The third-order valence-electron chi connectivity index (χ3n) is 4.78. The molecule has 0 aliphatic rings. The molecule has 0 unspecified atom stereocenters. The molecule has 0 spiro atoms. The molecular formula is C25H25Cl2F3N6O7. The summed E-state index contributed by atoms with van der Waals surface area (Å²) in [5.41, 5.74) is -2.16. The predicted molar refractivity (Wildman–Crippen MR) is 150 cm³/mol. The minimum atomic E-state index is -4.61. The van der Waals surface area contributed by atoms with Gasteiger partial charge in [-0.15, -0.1) is 0 Å². The van der Waals surface area contributed by atoms with Gasteiger partial charge < -0.3 is 24.8 Å². The Bertz CT molecular complexity index is 1420. The Morgan fingerprint density at radius 3 is 2.09 bits per heavy atom. The van der Waals surface area contributed by atoms with E-state index in [0.29, 0.717) is 18.0 Å². The van der Waals surface area contributed by atoms with Crippen molar-refractivity contribution in [2.75, 3.05) is 36.9 Å². The van der Waals surface area contributed by atoms with Crippen LogP contribution in [0.25, 0.3) is 0 Å².